The molecule has 4 heavy (non-hydrogen) atoms. The monoisotopic (exact) mass is 68.0 g/mol. The van der Waals surface area contributed by atoms with E-state index in [-0.39, 0.29) is 30.5 Å². The molecule has 0 bridgehead atoms. The molecule has 20 valence electrons. The van der Waals surface area contributed by atoms with Crippen molar-refractivity contribution >= 4 is 29.8 Å². The Morgan fingerprint density at radius 1 is 1.25 bits per heavy atom. The number of hydrogen-bond donors (Lipinski definition) is 0. The van der Waals surface area contributed by atoms with Crippen molar-refractivity contribution in [2.45, 2.75) is 0 Å². The van der Waals surface area contributed by atoms with Gasteiger partial charge in [0.05, 0.1) is 0 Å². The first-order chi connectivity index (χ1) is 1.00. The van der Waals surface area contributed by atoms with Gasteiger partial charge in [0.25, 0.3) is 0 Å². The van der Waals surface area contributed by atoms with Gasteiger partial charge in [0.1, 0.15) is 0 Å². The van der Waals surface area contributed by atoms with Gasteiger partial charge in [0.15, 0.2) is 0 Å². The summed E-state index contributed by atoms with van der Waals surface area (Å²) in [6.07, 6.45) is 0. The summed E-state index contributed by atoms with van der Waals surface area (Å²) in [5.41, 5.74) is 0. The molecule has 0 amide bonds. The third-order valence-electron chi connectivity index (χ3n) is 0. The second-order valence-corrected chi connectivity index (χ2v) is 0. The molecule has 0 aliphatic rings. The van der Waals surface area contributed by atoms with Crippen molar-refractivity contribution in [3.05, 3.63) is 7.43 Å². The average molecular weight is 68.4 g/mol. The van der Waals surface area contributed by atoms with E-state index >= 15 is 0 Å². The van der Waals surface area contributed by atoms with Gasteiger partial charge >= 0.3 is 23.1 Å². The van der Waals surface area contributed by atoms with Gasteiger partial charge in [-0.25, -0.2) is 0 Å². The van der Waals surface area contributed by atoms with Crippen LogP contribution in [0.3, 0.4) is 0 Å². The molecule has 0 N–H and O–H groups in total. The second-order valence-electron chi connectivity index (χ2n) is 0. The van der Waals surface area contributed by atoms with E-state index in [1.54, 1.807) is 0 Å². The molecule has 0 aromatic carbocycles. The minimum absolute atomic E-state index is 0. The largest absolute Gasteiger partial charge is 2.00 e. The molecule has 1 nitrogen and oxygen atoms in total. The van der Waals surface area contributed by atoms with Crippen molar-refractivity contribution in [1.82, 2.24) is 0 Å². The molecule has 0 aliphatic carbocycles. The van der Waals surface area contributed by atoms with Crippen LogP contribution in [0.15, 0.2) is 0 Å². The Hall–Kier alpha value is 0.436. The maximum Gasteiger partial charge on any atom is 2.00 e. The third-order valence-corrected chi connectivity index (χ3v) is 0. The Morgan fingerprint density at radius 2 is 1.25 bits per heavy atom. The molecule has 0 unspecified atom stereocenters. The standard InChI is InChI=1S/CHO.CH3.Mg/c1-2;;/h1H;1H3;/q2*-1;+2. The third kappa shape index (κ3) is 26.4. The van der Waals surface area contributed by atoms with Crippen LogP contribution in [0.1, 0.15) is 0 Å². The molecule has 0 atom stereocenters. The molecular weight excluding hydrogens is 64.3 g/mol. The summed E-state index contributed by atoms with van der Waals surface area (Å²) in [7, 11) is 0. The van der Waals surface area contributed by atoms with E-state index < -0.39 is 0 Å². The van der Waals surface area contributed by atoms with Crippen molar-refractivity contribution in [2.75, 3.05) is 0 Å². The number of hydrogen-bond acceptors (Lipinski definition) is 1. The zero-order valence-corrected chi connectivity index (χ0v) is 4.11. The molecule has 0 spiro atoms. The van der Waals surface area contributed by atoms with E-state index in [0.717, 1.165) is 0 Å². The van der Waals surface area contributed by atoms with Crippen LogP contribution in [0, 0.1) is 7.43 Å². The SMILES string of the molecule is [CH-]=O.[CH3-].[Mg+2]. The molecule has 0 aromatic rings. The van der Waals surface area contributed by atoms with Crippen LogP contribution < -0.4 is 0 Å². The van der Waals surface area contributed by atoms with Crippen LogP contribution in [0.2, 0.25) is 0 Å². The van der Waals surface area contributed by atoms with Crippen LogP contribution in [-0.4, -0.2) is 29.8 Å². The Bertz CT molecular complexity index is 6.00. The molecule has 0 fully saturated rings. The first-order valence-electron chi connectivity index (χ1n) is 0.236. The smallest absolute Gasteiger partial charge is 0.545 e. The van der Waals surface area contributed by atoms with Crippen molar-refractivity contribution in [1.29, 1.82) is 0 Å². The minimum atomic E-state index is 0. The molecular formula is C2H4MgO. The zero-order chi connectivity index (χ0) is 2.00. The maximum absolute atomic E-state index is 7.75. The van der Waals surface area contributed by atoms with Gasteiger partial charge < -0.3 is 12.2 Å². The van der Waals surface area contributed by atoms with Crippen molar-refractivity contribution in [3.63, 3.8) is 0 Å². The predicted molar refractivity (Wildman–Crippen MR) is 18.9 cm³/mol. The molecule has 0 saturated heterocycles. The van der Waals surface area contributed by atoms with Gasteiger partial charge in [-0.05, 0) is 0 Å². The zero-order valence-electron chi connectivity index (χ0n) is 2.69. The van der Waals surface area contributed by atoms with Crippen LogP contribution >= 0.6 is 0 Å². The summed E-state index contributed by atoms with van der Waals surface area (Å²) < 4.78 is 0. The fourth-order valence-electron chi connectivity index (χ4n) is 0. The van der Waals surface area contributed by atoms with Crippen LogP contribution in [0.4, 0.5) is 0 Å². The minimum Gasteiger partial charge on any atom is -0.545 e. The molecule has 0 heterocycles. The molecule has 0 aromatic heterocycles. The molecule has 2 heteroatoms. The summed E-state index contributed by atoms with van der Waals surface area (Å²) in [6, 6.07) is 0. The fourth-order valence-corrected chi connectivity index (χ4v) is 0. The Balaban J connectivity index is -0.00000000500. The van der Waals surface area contributed by atoms with Crippen LogP contribution in [0.25, 0.3) is 0 Å². The molecule has 0 radical (unpaired) electrons. The molecule has 0 aliphatic heterocycles. The number of rotatable bonds is 0. The Morgan fingerprint density at radius 3 is 1.25 bits per heavy atom. The summed E-state index contributed by atoms with van der Waals surface area (Å²) in [6.45, 7) is 3.25. The summed E-state index contributed by atoms with van der Waals surface area (Å²) in [5, 5.41) is 0. The van der Waals surface area contributed by atoms with Crippen LogP contribution in [-0.2, 0) is 4.79 Å². The Kier molecular flexibility index (Phi) is 680. The van der Waals surface area contributed by atoms with Crippen LogP contribution in [0.5, 0.6) is 0 Å². The summed E-state index contributed by atoms with van der Waals surface area (Å²) in [4.78, 5) is 7.75. The van der Waals surface area contributed by atoms with Gasteiger partial charge in [-0.1, -0.05) is 0 Å². The van der Waals surface area contributed by atoms with Gasteiger partial charge in [-0.2, -0.15) is 0 Å². The van der Waals surface area contributed by atoms with Crippen molar-refractivity contribution < 1.29 is 4.79 Å². The topological polar surface area (TPSA) is 17.1 Å². The van der Waals surface area contributed by atoms with Gasteiger partial charge in [-0.3, -0.25) is 6.79 Å². The quantitative estimate of drug-likeness (QED) is 0.218. The molecule has 0 rings (SSSR count). The van der Waals surface area contributed by atoms with Gasteiger partial charge in [-0.15, -0.1) is 0 Å². The summed E-state index contributed by atoms with van der Waals surface area (Å²) in [5.74, 6) is 0. The average Bonchev–Trinajstić information content (AvgIpc) is 1.00. The predicted octanol–water partition coefficient (Wildman–Crippen LogP) is -0.205. The Labute approximate surface area is 42.5 Å². The van der Waals surface area contributed by atoms with E-state index in [1.807, 2.05) is 0 Å². The number of carbonyl (C=O) groups excluding carboxylic acids is 1. The van der Waals surface area contributed by atoms with Crippen molar-refractivity contribution in [3.8, 4) is 0 Å². The van der Waals surface area contributed by atoms with E-state index in [4.69, 9.17) is 4.79 Å². The van der Waals surface area contributed by atoms with E-state index in [0.29, 0.717) is 0 Å². The van der Waals surface area contributed by atoms with Crippen molar-refractivity contribution in [2.24, 2.45) is 0 Å². The second kappa shape index (κ2) is 107. The van der Waals surface area contributed by atoms with E-state index in [1.165, 1.54) is 0 Å². The molecule has 0 saturated carbocycles. The van der Waals surface area contributed by atoms with Gasteiger partial charge in [0, 0.05) is 0 Å². The first kappa shape index (κ1) is 25.4. The first-order valence-corrected chi connectivity index (χ1v) is 0.236. The maximum atomic E-state index is 7.75. The van der Waals surface area contributed by atoms with E-state index in [2.05, 4.69) is 6.79 Å². The van der Waals surface area contributed by atoms with E-state index in [9.17, 15) is 0 Å². The fraction of sp³-hybridized carbons (Fsp3) is 0. The van der Waals surface area contributed by atoms with Gasteiger partial charge in [0.2, 0.25) is 0 Å². The normalized spacial score (nSPS) is 1.00. The summed E-state index contributed by atoms with van der Waals surface area (Å²) >= 11 is 0.